The lowest BCUT2D eigenvalue weighted by Gasteiger charge is -2.09. The first-order valence-corrected chi connectivity index (χ1v) is 6.92. The molecule has 0 spiro atoms. The van der Waals surface area contributed by atoms with Gasteiger partial charge in [-0.1, -0.05) is 6.07 Å². The molecule has 114 valence electrons. The predicted octanol–water partition coefficient (Wildman–Crippen LogP) is 1.83. The standard InChI is InChI=1S/C15H16N4O3/c1-4-22-15-16-13-10(14(21)17-15)7-19(18-13)12-9(3)5-8(2)6-11(12)20/h5-7,20H,4H2,1-3H3,(H,16,17,18,21). The van der Waals surface area contributed by atoms with Crippen LogP contribution in [0.5, 0.6) is 11.8 Å². The van der Waals surface area contributed by atoms with Crippen LogP contribution in [0.3, 0.4) is 0 Å². The molecule has 0 saturated carbocycles. The Bertz CT molecular complexity index is 888. The summed E-state index contributed by atoms with van der Waals surface area (Å²) in [4.78, 5) is 18.8. The van der Waals surface area contributed by atoms with Gasteiger partial charge in [0.2, 0.25) is 0 Å². The third-order valence-corrected chi connectivity index (χ3v) is 3.30. The Morgan fingerprint density at radius 1 is 1.36 bits per heavy atom. The van der Waals surface area contributed by atoms with Gasteiger partial charge in [-0.25, -0.2) is 4.68 Å². The first-order chi connectivity index (χ1) is 10.5. The van der Waals surface area contributed by atoms with E-state index in [0.717, 1.165) is 11.1 Å². The Morgan fingerprint density at radius 3 is 2.82 bits per heavy atom. The second kappa shape index (κ2) is 5.18. The minimum atomic E-state index is -0.330. The quantitative estimate of drug-likeness (QED) is 0.769. The summed E-state index contributed by atoms with van der Waals surface area (Å²) in [6.07, 6.45) is 1.55. The van der Waals surface area contributed by atoms with E-state index in [2.05, 4.69) is 15.1 Å². The molecule has 2 N–H and O–H groups in total. The minimum absolute atomic E-state index is 0.103. The molecule has 0 aliphatic rings. The second-order valence-electron chi connectivity index (χ2n) is 5.06. The van der Waals surface area contributed by atoms with Crippen molar-refractivity contribution >= 4 is 11.0 Å². The summed E-state index contributed by atoms with van der Waals surface area (Å²) in [6.45, 7) is 5.97. The van der Waals surface area contributed by atoms with Crippen LogP contribution in [0, 0.1) is 13.8 Å². The number of aromatic hydroxyl groups is 1. The fourth-order valence-corrected chi connectivity index (χ4v) is 2.45. The van der Waals surface area contributed by atoms with Crippen LogP contribution in [0.4, 0.5) is 0 Å². The number of hydrogen-bond donors (Lipinski definition) is 2. The number of ether oxygens (including phenoxy) is 1. The van der Waals surface area contributed by atoms with E-state index in [1.54, 1.807) is 19.2 Å². The van der Waals surface area contributed by atoms with Crippen LogP contribution < -0.4 is 10.3 Å². The number of hydrogen-bond acceptors (Lipinski definition) is 5. The fraction of sp³-hybridized carbons (Fsp3) is 0.267. The van der Waals surface area contributed by atoms with Gasteiger partial charge in [0.15, 0.2) is 5.65 Å². The topological polar surface area (TPSA) is 93.0 Å². The number of aromatic amines is 1. The second-order valence-corrected chi connectivity index (χ2v) is 5.06. The maximum Gasteiger partial charge on any atom is 0.298 e. The minimum Gasteiger partial charge on any atom is -0.506 e. The molecule has 7 nitrogen and oxygen atoms in total. The molecule has 2 heterocycles. The number of phenols is 1. The average Bonchev–Trinajstić information content (AvgIpc) is 2.82. The van der Waals surface area contributed by atoms with Crippen molar-refractivity contribution in [1.29, 1.82) is 0 Å². The number of benzene rings is 1. The van der Waals surface area contributed by atoms with Gasteiger partial charge in [0.1, 0.15) is 16.8 Å². The number of phenolic OH excluding ortho intramolecular Hbond substituents is 1. The fourth-order valence-electron chi connectivity index (χ4n) is 2.45. The summed E-state index contributed by atoms with van der Waals surface area (Å²) in [6, 6.07) is 3.72. The largest absolute Gasteiger partial charge is 0.506 e. The molecular weight excluding hydrogens is 284 g/mol. The molecule has 0 fully saturated rings. The Kier molecular flexibility index (Phi) is 3.32. The van der Waals surface area contributed by atoms with Crippen molar-refractivity contribution in [2.75, 3.05) is 6.61 Å². The van der Waals surface area contributed by atoms with Crippen LogP contribution in [-0.2, 0) is 0 Å². The molecule has 0 aliphatic carbocycles. The average molecular weight is 300 g/mol. The van der Waals surface area contributed by atoms with Crippen molar-refractivity contribution < 1.29 is 9.84 Å². The van der Waals surface area contributed by atoms with Gasteiger partial charge in [-0.2, -0.15) is 4.98 Å². The van der Waals surface area contributed by atoms with Crippen LogP contribution in [-0.4, -0.2) is 31.5 Å². The maximum absolute atomic E-state index is 12.1. The number of nitrogens with one attached hydrogen (secondary N) is 1. The van der Waals surface area contributed by atoms with E-state index in [-0.39, 0.29) is 23.0 Å². The number of aryl methyl sites for hydroxylation is 2. The Labute approximate surface area is 126 Å². The molecule has 3 aromatic rings. The zero-order chi connectivity index (χ0) is 15.9. The van der Waals surface area contributed by atoms with Gasteiger partial charge in [-0.3, -0.25) is 9.78 Å². The van der Waals surface area contributed by atoms with E-state index in [1.807, 2.05) is 19.9 Å². The zero-order valence-electron chi connectivity index (χ0n) is 12.5. The number of fused-ring (bicyclic) bond motifs is 1. The monoisotopic (exact) mass is 300 g/mol. The van der Waals surface area contributed by atoms with Crippen molar-refractivity contribution in [3.8, 4) is 17.4 Å². The summed E-state index contributed by atoms with van der Waals surface area (Å²) in [7, 11) is 0. The summed E-state index contributed by atoms with van der Waals surface area (Å²) in [5.74, 6) is 0.103. The summed E-state index contributed by atoms with van der Waals surface area (Å²) in [5.41, 5.74) is 2.27. The lowest BCUT2D eigenvalue weighted by atomic mass is 10.1. The van der Waals surface area contributed by atoms with Crippen LogP contribution in [0.1, 0.15) is 18.1 Å². The molecule has 7 heteroatoms. The molecule has 22 heavy (non-hydrogen) atoms. The van der Waals surface area contributed by atoms with Crippen molar-refractivity contribution in [1.82, 2.24) is 19.7 Å². The van der Waals surface area contributed by atoms with Gasteiger partial charge in [0.25, 0.3) is 11.6 Å². The van der Waals surface area contributed by atoms with E-state index in [4.69, 9.17) is 4.74 Å². The highest BCUT2D eigenvalue weighted by atomic mass is 16.5. The van der Waals surface area contributed by atoms with Crippen molar-refractivity contribution in [3.63, 3.8) is 0 Å². The lowest BCUT2D eigenvalue weighted by molar-refractivity contribution is 0.313. The van der Waals surface area contributed by atoms with E-state index in [1.165, 1.54) is 4.68 Å². The molecule has 0 saturated heterocycles. The Balaban J connectivity index is 2.21. The molecule has 0 atom stereocenters. The van der Waals surface area contributed by atoms with Gasteiger partial charge < -0.3 is 9.84 Å². The number of rotatable bonds is 3. The highest BCUT2D eigenvalue weighted by Gasteiger charge is 2.14. The molecule has 0 unspecified atom stereocenters. The molecule has 0 bridgehead atoms. The SMILES string of the molecule is CCOc1nc2nn(-c3c(C)cc(C)cc3O)cc2c(=O)[nH]1. The summed E-state index contributed by atoms with van der Waals surface area (Å²) >= 11 is 0. The third kappa shape index (κ3) is 2.30. The van der Waals surface area contributed by atoms with E-state index in [9.17, 15) is 9.90 Å². The Morgan fingerprint density at radius 2 is 2.14 bits per heavy atom. The molecule has 0 aliphatic heterocycles. The predicted molar refractivity (Wildman–Crippen MR) is 81.8 cm³/mol. The summed E-state index contributed by atoms with van der Waals surface area (Å²) in [5, 5.41) is 14.8. The third-order valence-electron chi connectivity index (χ3n) is 3.30. The van der Waals surface area contributed by atoms with Crippen molar-refractivity contribution in [2.45, 2.75) is 20.8 Å². The number of nitrogens with zero attached hydrogens (tertiary/aromatic N) is 3. The van der Waals surface area contributed by atoms with Crippen LogP contribution in [0.15, 0.2) is 23.1 Å². The molecule has 2 aromatic heterocycles. The van der Waals surface area contributed by atoms with Crippen LogP contribution in [0.25, 0.3) is 16.7 Å². The highest BCUT2D eigenvalue weighted by Crippen LogP contribution is 2.27. The van der Waals surface area contributed by atoms with Crippen LogP contribution in [0.2, 0.25) is 0 Å². The number of aromatic nitrogens is 4. The van der Waals surface area contributed by atoms with Crippen molar-refractivity contribution in [3.05, 3.63) is 39.8 Å². The zero-order valence-corrected chi connectivity index (χ0v) is 12.5. The smallest absolute Gasteiger partial charge is 0.298 e. The maximum atomic E-state index is 12.1. The lowest BCUT2D eigenvalue weighted by Crippen LogP contribution is -2.09. The molecular formula is C15H16N4O3. The van der Waals surface area contributed by atoms with Gasteiger partial charge in [-0.05, 0) is 38.0 Å². The van der Waals surface area contributed by atoms with E-state index >= 15 is 0 Å². The molecule has 0 amide bonds. The molecule has 0 radical (unpaired) electrons. The van der Waals surface area contributed by atoms with Crippen molar-refractivity contribution in [2.24, 2.45) is 0 Å². The van der Waals surface area contributed by atoms with E-state index in [0.29, 0.717) is 17.7 Å². The van der Waals surface area contributed by atoms with Gasteiger partial charge in [0, 0.05) is 6.20 Å². The highest BCUT2D eigenvalue weighted by molar-refractivity contribution is 5.74. The first kappa shape index (κ1) is 14.1. The Hall–Kier alpha value is -2.83. The van der Waals surface area contributed by atoms with Gasteiger partial charge in [0.05, 0.1) is 6.61 Å². The molecule has 1 aromatic carbocycles. The summed E-state index contributed by atoms with van der Waals surface area (Å²) < 4.78 is 6.67. The number of H-pyrrole nitrogens is 1. The van der Waals surface area contributed by atoms with Gasteiger partial charge >= 0.3 is 0 Å². The first-order valence-electron chi connectivity index (χ1n) is 6.92. The molecule has 3 rings (SSSR count). The van der Waals surface area contributed by atoms with Gasteiger partial charge in [-0.15, -0.1) is 5.10 Å². The van der Waals surface area contributed by atoms with Crippen LogP contribution >= 0.6 is 0 Å². The van der Waals surface area contributed by atoms with E-state index < -0.39 is 0 Å². The normalized spacial score (nSPS) is 11.0.